The maximum atomic E-state index is 12.5. The maximum Gasteiger partial charge on any atom is 0.336 e. The molecule has 1 N–H and O–H groups in total. The van der Waals surface area contributed by atoms with Crippen molar-refractivity contribution in [2.24, 2.45) is 7.05 Å². The van der Waals surface area contributed by atoms with E-state index in [1.165, 1.54) is 14.2 Å². The molecule has 136 valence electrons. The standard InChI is InChI=1S/C19H21N3O4/c1-10-15(18(23)25-4)17(16(11(2)21-10)19(24)26-5)12-6-7-14-13(8-12)9-20-22(14)3/h6-9,17,21H,1-5H3. The van der Waals surface area contributed by atoms with Crippen molar-refractivity contribution < 1.29 is 19.1 Å². The number of carbonyl (C=O) groups is 2. The number of methoxy groups -OCH3 is 2. The minimum absolute atomic E-state index is 0.391. The molecule has 7 nitrogen and oxygen atoms in total. The molecule has 0 saturated carbocycles. The number of fused-ring (bicyclic) bond motifs is 1. The third kappa shape index (κ3) is 2.75. The van der Waals surface area contributed by atoms with E-state index in [-0.39, 0.29) is 0 Å². The number of aryl methyl sites for hydroxylation is 1. The molecule has 3 rings (SSSR count). The zero-order valence-corrected chi connectivity index (χ0v) is 15.4. The molecule has 0 spiro atoms. The molecule has 0 unspecified atom stereocenters. The summed E-state index contributed by atoms with van der Waals surface area (Å²) >= 11 is 0. The summed E-state index contributed by atoms with van der Waals surface area (Å²) in [5.74, 6) is -1.55. The molecule has 0 amide bonds. The predicted molar refractivity (Wildman–Crippen MR) is 96.0 cm³/mol. The third-order valence-electron chi connectivity index (χ3n) is 4.67. The zero-order valence-electron chi connectivity index (χ0n) is 15.4. The van der Waals surface area contributed by atoms with Crippen LogP contribution in [-0.4, -0.2) is 35.9 Å². The van der Waals surface area contributed by atoms with Crippen LogP contribution in [0.2, 0.25) is 0 Å². The fourth-order valence-corrected chi connectivity index (χ4v) is 3.45. The van der Waals surface area contributed by atoms with Gasteiger partial charge in [0.15, 0.2) is 0 Å². The molecule has 1 aromatic carbocycles. The molecular formula is C19H21N3O4. The summed E-state index contributed by atoms with van der Waals surface area (Å²) in [4.78, 5) is 25.0. The second-order valence-electron chi connectivity index (χ2n) is 6.20. The molecule has 0 fully saturated rings. The van der Waals surface area contributed by atoms with Crippen molar-refractivity contribution in [1.82, 2.24) is 15.1 Å². The SMILES string of the molecule is COC(=O)C1=C(C)NC(C)=C(C(=O)OC)C1c1ccc2c(cnn2C)c1. The Morgan fingerprint density at radius 2 is 1.65 bits per heavy atom. The van der Waals surface area contributed by atoms with Gasteiger partial charge in [-0.2, -0.15) is 5.10 Å². The number of nitrogens with one attached hydrogen (secondary N) is 1. The van der Waals surface area contributed by atoms with Gasteiger partial charge in [-0.3, -0.25) is 4.68 Å². The number of nitrogens with zero attached hydrogens (tertiary/aromatic N) is 2. The Labute approximate surface area is 151 Å². The molecule has 26 heavy (non-hydrogen) atoms. The lowest BCUT2D eigenvalue weighted by Crippen LogP contribution is -2.32. The molecule has 0 atom stereocenters. The van der Waals surface area contributed by atoms with Crippen molar-refractivity contribution in [3.8, 4) is 0 Å². The van der Waals surface area contributed by atoms with Gasteiger partial charge in [0.1, 0.15) is 0 Å². The topological polar surface area (TPSA) is 82.4 Å². The van der Waals surface area contributed by atoms with E-state index >= 15 is 0 Å². The normalized spacial score (nSPS) is 15.3. The first-order chi connectivity index (χ1) is 12.4. The van der Waals surface area contributed by atoms with Gasteiger partial charge >= 0.3 is 11.9 Å². The first-order valence-corrected chi connectivity index (χ1v) is 8.15. The average Bonchev–Trinajstić information content (AvgIpc) is 3.00. The molecule has 1 aliphatic heterocycles. The molecule has 0 radical (unpaired) electrons. The molecule has 2 aromatic rings. The van der Waals surface area contributed by atoms with E-state index in [9.17, 15) is 9.59 Å². The summed E-state index contributed by atoms with van der Waals surface area (Å²) in [5.41, 5.74) is 3.84. The average molecular weight is 355 g/mol. The second kappa shape index (κ2) is 6.67. The number of benzene rings is 1. The quantitative estimate of drug-likeness (QED) is 0.850. The molecule has 0 saturated heterocycles. The molecule has 0 aliphatic carbocycles. The minimum Gasteiger partial charge on any atom is -0.466 e. The van der Waals surface area contributed by atoms with Gasteiger partial charge in [-0.15, -0.1) is 0 Å². The van der Waals surface area contributed by atoms with Crippen molar-refractivity contribution in [1.29, 1.82) is 0 Å². The maximum absolute atomic E-state index is 12.5. The Kier molecular flexibility index (Phi) is 4.54. The van der Waals surface area contributed by atoms with Gasteiger partial charge in [-0.1, -0.05) is 6.07 Å². The van der Waals surface area contributed by atoms with Gasteiger partial charge in [0, 0.05) is 23.8 Å². The Morgan fingerprint density at radius 3 is 2.19 bits per heavy atom. The van der Waals surface area contributed by atoms with Gasteiger partial charge < -0.3 is 14.8 Å². The highest BCUT2D eigenvalue weighted by molar-refractivity contribution is 6.00. The number of hydrogen-bond acceptors (Lipinski definition) is 6. The second-order valence-corrected chi connectivity index (χ2v) is 6.20. The zero-order chi connectivity index (χ0) is 19.0. The van der Waals surface area contributed by atoms with E-state index in [1.54, 1.807) is 24.7 Å². The van der Waals surface area contributed by atoms with Crippen molar-refractivity contribution in [2.45, 2.75) is 19.8 Å². The predicted octanol–water partition coefficient (Wildman–Crippen LogP) is 2.15. The van der Waals surface area contributed by atoms with Crippen LogP contribution in [0.5, 0.6) is 0 Å². The molecule has 0 bridgehead atoms. The number of esters is 2. The smallest absolute Gasteiger partial charge is 0.336 e. The fourth-order valence-electron chi connectivity index (χ4n) is 3.45. The monoisotopic (exact) mass is 355 g/mol. The lowest BCUT2D eigenvalue weighted by molar-refractivity contribution is -0.137. The summed E-state index contributed by atoms with van der Waals surface area (Å²) in [6, 6.07) is 5.76. The van der Waals surface area contributed by atoms with E-state index in [2.05, 4.69) is 10.4 Å². The van der Waals surface area contributed by atoms with Gasteiger partial charge in [0.2, 0.25) is 0 Å². The first-order valence-electron chi connectivity index (χ1n) is 8.15. The molecule has 1 aliphatic rings. The van der Waals surface area contributed by atoms with E-state index < -0.39 is 17.9 Å². The lowest BCUT2D eigenvalue weighted by Gasteiger charge is -2.30. The van der Waals surface area contributed by atoms with Gasteiger partial charge in [-0.05, 0) is 31.5 Å². The Bertz CT molecular complexity index is 930. The van der Waals surface area contributed by atoms with Crippen LogP contribution in [0.4, 0.5) is 0 Å². The van der Waals surface area contributed by atoms with E-state index in [0.717, 1.165) is 16.5 Å². The highest BCUT2D eigenvalue weighted by Crippen LogP contribution is 2.39. The summed E-state index contributed by atoms with van der Waals surface area (Å²) in [7, 11) is 4.51. The largest absolute Gasteiger partial charge is 0.466 e. The van der Waals surface area contributed by atoms with E-state index in [0.29, 0.717) is 22.5 Å². The van der Waals surface area contributed by atoms with Crippen LogP contribution < -0.4 is 5.32 Å². The number of carbonyl (C=O) groups excluding carboxylic acids is 2. The molecule has 7 heteroatoms. The van der Waals surface area contributed by atoms with Gasteiger partial charge in [0.05, 0.1) is 43.0 Å². The van der Waals surface area contributed by atoms with Crippen LogP contribution in [0.25, 0.3) is 10.9 Å². The number of dihydropyridines is 1. The molecule has 1 aromatic heterocycles. The van der Waals surface area contributed by atoms with E-state index in [4.69, 9.17) is 9.47 Å². The number of ether oxygens (including phenoxy) is 2. The summed E-state index contributed by atoms with van der Waals surface area (Å²) in [5, 5.41) is 8.26. The Hall–Kier alpha value is -3.09. The van der Waals surface area contributed by atoms with Crippen molar-refractivity contribution in [3.05, 3.63) is 52.5 Å². The molecular weight excluding hydrogens is 334 g/mol. The number of rotatable bonds is 3. The van der Waals surface area contributed by atoms with Gasteiger partial charge in [0.25, 0.3) is 0 Å². The lowest BCUT2D eigenvalue weighted by atomic mass is 9.80. The fraction of sp³-hybridized carbons (Fsp3) is 0.316. The number of allylic oxidation sites excluding steroid dienone is 2. The molecule has 2 heterocycles. The van der Waals surface area contributed by atoms with E-state index in [1.807, 2.05) is 25.2 Å². The summed E-state index contributed by atoms with van der Waals surface area (Å²) in [6.45, 7) is 3.58. The Morgan fingerprint density at radius 1 is 1.08 bits per heavy atom. The van der Waals surface area contributed by atoms with Crippen LogP contribution in [0.3, 0.4) is 0 Å². The van der Waals surface area contributed by atoms with Crippen molar-refractivity contribution in [2.75, 3.05) is 14.2 Å². The van der Waals surface area contributed by atoms with Crippen LogP contribution >= 0.6 is 0 Å². The highest BCUT2D eigenvalue weighted by atomic mass is 16.5. The number of hydrogen-bond donors (Lipinski definition) is 1. The van der Waals surface area contributed by atoms with Crippen molar-refractivity contribution in [3.63, 3.8) is 0 Å². The van der Waals surface area contributed by atoms with Crippen LogP contribution in [0.15, 0.2) is 46.9 Å². The van der Waals surface area contributed by atoms with Gasteiger partial charge in [-0.25, -0.2) is 9.59 Å². The summed E-state index contributed by atoms with van der Waals surface area (Å²) in [6.07, 6.45) is 1.75. The minimum atomic E-state index is -0.583. The van der Waals surface area contributed by atoms with Crippen LogP contribution in [0.1, 0.15) is 25.3 Å². The van der Waals surface area contributed by atoms with Crippen molar-refractivity contribution >= 4 is 22.8 Å². The Balaban J connectivity index is 2.24. The first kappa shape index (κ1) is 17.7. The third-order valence-corrected chi connectivity index (χ3v) is 4.67. The van der Waals surface area contributed by atoms with Crippen LogP contribution in [-0.2, 0) is 26.1 Å². The highest BCUT2D eigenvalue weighted by Gasteiger charge is 2.37. The van der Waals surface area contributed by atoms with Crippen LogP contribution in [0, 0.1) is 0 Å². The summed E-state index contributed by atoms with van der Waals surface area (Å²) < 4.78 is 11.7. The number of aromatic nitrogens is 2.